The smallest absolute Gasteiger partial charge is 0.291 e. The highest BCUT2D eigenvalue weighted by Gasteiger charge is 2.20. The van der Waals surface area contributed by atoms with E-state index in [-0.39, 0.29) is 5.56 Å². The van der Waals surface area contributed by atoms with Crippen LogP contribution < -0.4 is 10.9 Å². The number of aromatic nitrogens is 4. The van der Waals surface area contributed by atoms with Gasteiger partial charge < -0.3 is 5.32 Å². The summed E-state index contributed by atoms with van der Waals surface area (Å²) in [6.07, 6.45) is 8.76. The van der Waals surface area contributed by atoms with Gasteiger partial charge in [-0.25, -0.2) is 4.68 Å². The Morgan fingerprint density at radius 2 is 2.24 bits per heavy atom. The van der Waals surface area contributed by atoms with Crippen LogP contribution in [0.5, 0.6) is 0 Å². The summed E-state index contributed by atoms with van der Waals surface area (Å²) in [6.45, 7) is 1.95. The Hall–Kier alpha value is -1.82. The summed E-state index contributed by atoms with van der Waals surface area (Å²) in [5, 5.41) is 11.7. The highest BCUT2D eigenvalue weighted by Crippen LogP contribution is 2.27. The lowest BCUT2D eigenvalue weighted by molar-refractivity contribution is 0.262. The molecule has 2 aromatic heterocycles. The molecule has 0 saturated heterocycles. The van der Waals surface area contributed by atoms with Crippen LogP contribution in [-0.4, -0.2) is 26.1 Å². The van der Waals surface area contributed by atoms with Crippen molar-refractivity contribution in [3.63, 3.8) is 0 Å². The standard InChI is InChI=1S/C14H18ClN5O/c15-12-9-18-20(10-11-3-1-4-11)14(21)13(12)16-6-8-19-7-2-5-17-19/h2,5,7,9,11,16H,1,3-4,6,8,10H2. The maximum absolute atomic E-state index is 12.4. The number of nitrogens with zero attached hydrogens (tertiary/aromatic N) is 4. The molecule has 0 unspecified atom stereocenters. The fourth-order valence-electron chi connectivity index (χ4n) is 2.41. The number of hydrogen-bond acceptors (Lipinski definition) is 4. The molecule has 0 bridgehead atoms. The largest absolute Gasteiger partial charge is 0.377 e. The molecule has 1 saturated carbocycles. The molecule has 0 aromatic carbocycles. The highest BCUT2D eigenvalue weighted by atomic mass is 35.5. The molecule has 3 rings (SSSR count). The third-order valence-electron chi connectivity index (χ3n) is 3.86. The Labute approximate surface area is 127 Å². The molecule has 7 heteroatoms. The molecule has 0 aliphatic heterocycles. The SMILES string of the molecule is O=c1c(NCCn2cccn2)c(Cl)cnn1CC1CCC1. The van der Waals surface area contributed by atoms with E-state index in [1.54, 1.807) is 10.9 Å². The fraction of sp³-hybridized carbons (Fsp3) is 0.500. The van der Waals surface area contributed by atoms with E-state index in [4.69, 9.17) is 11.6 Å². The Morgan fingerprint density at radius 1 is 1.38 bits per heavy atom. The molecular formula is C14H18ClN5O. The van der Waals surface area contributed by atoms with E-state index in [1.165, 1.54) is 30.1 Å². The molecule has 6 nitrogen and oxygen atoms in total. The molecule has 0 amide bonds. The van der Waals surface area contributed by atoms with Gasteiger partial charge in [-0.15, -0.1) is 0 Å². The van der Waals surface area contributed by atoms with Gasteiger partial charge in [0.05, 0.1) is 17.8 Å². The Kier molecular flexibility index (Phi) is 4.24. The second kappa shape index (κ2) is 6.30. The zero-order valence-electron chi connectivity index (χ0n) is 11.7. The first-order valence-electron chi connectivity index (χ1n) is 7.21. The monoisotopic (exact) mass is 307 g/mol. The van der Waals surface area contributed by atoms with Crippen LogP contribution in [0.3, 0.4) is 0 Å². The van der Waals surface area contributed by atoms with E-state index in [9.17, 15) is 4.79 Å². The van der Waals surface area contributed by atoms with Gasteiger partial charge in [-0.3, -0.25) is 9.48 Å². The van der Waals surface area contributed by atoms with Gasteiger partial charge in [0, 0.05) is 25.5 Å². The second-order valence-electron chi connectivity index (χ2n) is 5.35. The predicted octanol–water partition coefficient (Wildman–Crippen LogP) is 2.01. The lowest BCUT2D eigenvalue weighted by atomic mass is 9.85. The number of nitrogens with one attached hydrogen (secondary N) is 1. The summed E-state index contributed by atoms with van der Waals surface area (Å²) < 4.78 is 3.32. The number of rotatable bonds is 6. The van der Waals surface area contributed by atoms with Crippen molar-refractivity contribution in [1.82, 2.24) is 19.6 Å². The topological polar surface area (TPSA) is 64.7 Å². The van der Waals surface area contributed by atoms with Crippen molar-refractivity contribution in [2.45, 2.75) is 32.4 Å². The van der Waals surface area contributed by atoms with Gasteiger partial charge in [-0.1, -0.05) is 18.0 Å². The van der Waals surface area contributed by atoms with E-state index >= 15 is 0 Å². The van der Waals surface area contributed by atoms with Crippen molar-refractivity contribution in [1.29, 1.82) is 0 Å². The Bertz CT molecular complexity index is 648. The normalized spacial score (nSPS) is 14.9. The van der Waals surface area contributed by atoms with Gasteiger partial charge in [-0.05, 0) is 24.8 Å². The van der Waals surface area contributed by atoms with E-state index in [0.717, 1.165) is 0 Å². The van der Waals surface area contributed by atoms with Crippen LogP contribution >= 0.6 is 11.6 Å². The molecular weight excluding hydrogens is 290 g/mol. The lowest BCUT2D eigenvalue weighted by Gasteiger charge is -2.25. The zero-order chi connectivity index (χ0) is 14.7. The van der Waals surface area contributed by atoms with Crippen LogP contribution in [0.15, 0.2) is 29.5 Å². The maximum atomic E-state index is 12.4. The lowest BCUT2D eigenvalue weighted by Crippen LogP contribution is -2.31. The van der Waals surface area contributed by atoms with Gasteiger partial charge in [0.15, 0.2) is 0 Å². The van der Waals surface area contributed by atoms with Gasteiger partial charge in [-0.2, -0.15) is 10.2 Å². The minimum absolute atomic E-state index is 0.144. The second-order valence-corrected chi connectivity index (χ2v) is 5.75. The molecule has 0 atom stereocenters. The van der Waals surface area contributed by atoms with Gasteiger partial charge in [0.1, 0.15) is 5.69 Å². The first-order chi connectivity index (χ1) is 10.2. The van der Waals surface area contributed by atoms with Crippen LogP contribution in [0.1, 0.15) is 19.3 Å². The minimum Gasteiger partial charge on any atom is -0.377 e. The van der Waals surface area contributed by atoms with E-state index in [0.29, 0.717) is 36.3 Å². The quantitative estimate of drug-likeness (QED) is 0.886. The van der Waals surface area contributed by atoms with Crippen LogP contribution in [0, 0.1) is 5.92 Å². The first-order valence-corrected chi connectivity index (χ1v) is 7.59. The van der Waals surface area contributed by atoms with Crippen LogP contribution in [0.25, 0.3) is 0 Å². The minimum atomic E-state index is -0.144. The summed E-state index contributed by atoms with van der Waals surface area (Å²) in [6, 6.07) is 1.87. The average Bonchev–Trinajstić information content (AvgIpc) is 2.93. The van der Waals surface area contributed by atoms with Crippen LogP contribution in [-0.2, 0) is 13.1 Å². The highest BCUT2D eigenvalue weighted by molar-refractivity contribution is 6.32. The summed E-state index contributed by atoms with van der Waals surface area (Å²) in [5.74, 6) is 0.577. The van der Waals surface area contributed by atoms with Crippen molar-refractivity contribution >= 4 is 17.3 Å². The summed E-state index contributed by atoms with van der Waals surface area (Å²) >= 11 is 6.09. The molecule has 2 aromatic rings. The van der Waals surface area contributed by atoms with Crippen molar-refractivity contribution in [2.24, 2.45) is 5.92 Å². The zero-order valence-corrected chi connectivity index (χ0v) is 12.5. The molecule has 1 aliphatic carbocycles. The predicted molar refractivity (Wildman–Crippen MR) is 81.6 cm³/mol. The summed E-state index contributed by atoms with van der Waals surface area (Å²) in [4.78, 5) is 12.4. The van der Waals surface area contributed by atoms with Crippen LogP contribution in [0.4, 0.5) is 5.69 Å². The Morgan fingerprint density at radius 3 is 2.90 bits per heavy atom. The van der Waals surface area contributed by atoms with Crippen molar-refractivity contribution in [3.8, 4) is 0 Å². The molecule has 2 heterocycles. The van der Waals surface area contributed by atoms with Crippen LogP contribution in [0.2, 0.25) is 5.02 Å². The third-order valence-corrected chi connectivity index (χ3v) is 4.14. The Balaban J connectivity index is 1.67. The maximum Gasteiger partial charge on any atom is 0.291 e. The molecule has 0 spiro atoms. The van der Waals surface area contributed by atoms with Gasteiger partial charge in [0.25, 0.3) is 5.56 Å². The summed E-state index contributed by atoms with van der Waals surface area (Å²) in [7, 11) is 0. The van der Waals surface area contributed by atoms with Crippen molar-refractivity contribution in [3.05, 3.63) is 40.0 Å². The molecule has 1 N–H and O–H groups in total. The fourth-order valence-corrected chi connectivity index (χ4v) is 2.60. The van der Waals surface area contributed by atoms with Gasteiger partial charge >= 0.3 is 0 Å². The molecule has 1 aliphatic rings. The first kappa shape index (κ1) is 14.1. The van der Waals surface area contributed by atoms with Gasteiger partial charge in [0.2, 0.25) is 0 Å². The molecule has 1 fully saturated rings. The number of halogens is 1. The third kappa shape index (κ3) is 3.26. The molecule has 112 valence electrons. The van der Waals surface area contributed by atoms with Crippen molar-refractivity contribution < 1.29 is 0 Å². The van der Waals surface area contributed by atoms with E-state index in [2.05, 4.69) is 15.5 Å². The van der Waals surface area contributed by atoms with E-state index < -0.39 is 0 Å². The summed E-state index contributed by atoms with van der Waals surface area (Å²) in [5.41, 5.74) is 0.285. The molecule has 21 heavy (non-hydrogen) atoms. The number of hydrogen-bond donors (Lipinski definition) is 1. The van der Waals surface area contributed by atoms with E-state index in [1.807, 2.05) is 12.3 Å². The van der Waals surface area contributed by atoms with Crippen molar-refractivity contribution in [2.75, 3.05) is 11.9 Å². The average molecular weight is 308 g/mol. The molecule has 0 radical (unpaired) electrons. The number of anilines is 1.